The van der Waals surface area contributed by atoms with Gasteiger partial charge in [-0.2, -0.15) is 10.2 Å². The van der Waals surface area contributed by atoms with Crippen molar-refractivity contribution in [3.8, 4) is 6.07 Å². The van der Waals surface area contributed by atoms with Gasteiger partial charge in [-0.25, -0.2) is 4.79 Å². The van der Waals surface area contributed by atoms with Crippen LogP contribution in [-0.4, -0.2) is 16.5 Å². The van der Waals surface area contributed by atoms with Gasteiger partial charge in [0.2, 0.25) is 0 Å². The van der Waals surface area contributed by atoms with Crippen LogP contribution in [0.25, 0.3) is 0 Å². The third-order valence-electron chi connectivity index (χ3n) is 2.16. The van der Waals surface area contributed by atoms with E-state index in [4.69, 9.17) is 5.26 Å². The summed E-state index contributed by atoms with van der Waals surface area (Å²) in [4.78, 5) is 18.5. The number of nitriles is 1. The van der Waals surface area contributed by atoms with Crippen molar-refractivity contribution in [2.45, 2.75) is 6.42 Å². The van der Waals surface area contributed by atoms with E-state index in [9.17, 15) is 4.79 Å². The minimum absolute atomic E-state index is 0.205. The SMILES string of the molecule is N#Cc1cc(NCCc2cc(Br)cs2)nc(=O)[nH]1. The number of nitrogens with one attached hydrogen (secondary N) is 2. The Bertz CT molecular complexity index is 643. The molecule has 0 aliphatic heterocycles. The van der Waals surface area contributed by atoms with Crippen LogP contribution < -0.4 is 11.0 Å². The van der Waals surface area contributed by atoms with Gasteiger partial charge >= 0.3 is 5.69 Å². The van der Waals surface area contributed by atoms with E-state index in [1.807, 2.05) is 11.4 Å². The molecule has 0 unspecified atom stereocenters. The van der Waals surface area contributed by atoms with Crippen LogP contribution in [0.4, 0.5) is 5.82 Å². The zero-order chi connectivity index (χ0) is 13.0. The average molecular weight is 325 g/mol. The van der Waals surface area contributed by atoms with Crippen molar-refractivity contribution in [2.24, 2.45) is 0 Å². The number of hydrogen-bond donors (Lipinski definition) is 2. The van der Waals surface area contributed by atoms with Gasteiger partial charge in [0.1, 0.15) is 17.6 Å². The molecule has 0 aliphatic rings. The summed E-state index contributed by atoms with van der Waals surface area (Å²) in [5, 5.41) is 13.8. The zero-order valence-corrected chi connectivity index (χ0v) is 11.6. The van der Waals surface area contributed by atoms with Crippen LogP contribution in [0.1, 0.15) is 10.6 Å². The number of aromatic amines is 1. The largest absolute Gasteiger partial charge is 0.369 e. The first-order chi connectivity index (χ1) is 8.67. The lowest BCUT2D eigenvalue weighted by Gasteiger charge is -2.03. The number of H-pyrrole nitrogens is 1. The lowest BCUT2D eigenvalue weighted by Crippen LogP contribution is -2.16. The Hall–Kier alpha value is -1.65. The quantitative estimate of drug-likeness (QED) is 0.902. The van der Waals surface area contributed by atoms with Gasteiger partial charge in [0.25, 0.3) is 0 Å². The lowest BCUT2D eigenvalue weighted by molar-refractivity contribution is 0.992. The Morgan fingerprint density at radius 2 is 2.39 bits per heavy atom. The normalized spacial score (nSPS) is 10.0. The molecule has 0 atom stereocenters. The molecule has 0 aromatic carbocycles. The molecule has 5 nitrogen and oxygen atoms in total. The summed E-state index contributed by atoms with van der Waals surface area (Å²) in [6.07, 6.45) is 0.840. The fraction of sp³-hybridized carbons (Fsp3) is 0.182. The fourth-order valence-electron chi connectivity index (χ4n) is 1.41. The number of halogens is 1. The Morgan fingerprint density at radius 3 is 3.06 bits per heavy atom. The average Bonchev–Trinajstić information content (AvgIpc) is 2.74. The third kappa shape index (κ3) is 3.42. The summed E-state index contributed by atoms with van der Waals surface area (Å²) in [6.45, 7) is 0.661. The molecule has 0 radical (unpaired) electrons. The van der Waals surface area contributed by atoms with Crippen LogP contribution in [-0.2, 0) is 6.42 Å². The third-order valence-corrected chi connectivity index (χ3v) is 3.92. The van der Waals surface area contributed by atoms with Crippen molar-refractivity contribution in [3.63, 3.8) is 0 Å². The van der Waals surface area contributed by atoms with E-state index in [1.165, 1.54) is 10.9 Å². The van der Waals surface area contributed by atoms with E-state index in [1.54, 1.807) is 11.3 Å². The van der Waals surface area contributed by atoms with Gasteiger partial charge in [0.15, 0.2) is 0 Å². The minimum atomic E-state index is -0.518. The van der Waals surface area contributed by atoms with Crippen LogP contribution in [0.3, 0.4) is 0 Å². The maximum absolute atomic E-state index is 11.1. The highest BCUT2D eigenvalue weighted by atomic mass is 79.9. The molecule has 0 aliphatic carbocycles. The van der Waals surface area contributed by atoms with Gasteiger partial charge in [-0.1, -0.05) is 0 Å². The first-order valence-electron chi connectivity index (χ1n) is 5.15. The predicted molar refractivity (Wildman–Crippen MR) is 73.8 cm³/mol. The van der Waals surface area contributed by atoms with Crippen molar-refractivity contribution in [1.82, 2.24) is 9.97 Å². The molecule has 7 heteroatoms. The van der Waals surface area contributed by atoms with E-state index < -0.39 is 5.69 Å². The molecule has 2 aromatic rings. The van der Waals surface area contributed by atoms with Gasteiger partial charge in [-0.05, 0) is 28.4 Å². The molecular weight excluding hydrogens is 316 g/mol. The van der Waals surface area contributed by atoms with E-state index in [0.717, 1.165) is 10.9 Å². The molecule has 92 valence electrons. The summed E-state index contributed by atoms with van der Waals surface area (Å²) in [5.74, 6) is 0.422. The second-order valence-corrected chi connectivity index (χ2v) is 5.42. The molecule has 2 rings (SSSR count). The second kappa shape index (κ2) is 5.80. The predicted octanol–water partition coefficient (Wildman–Crippen LogP) is 2.12. The highest BCUT2D eigenvalue weighted by Crippen LogP contribution is 2.20. The fourth-order valence-corrected chi connectivity index (χ4v) is 2.86. The molecule has 0 saturated heterocycles. The number of rotatable bonds is 4. The van der Waals surface area contributed by atoms with Crippen molar-refractivity contribution in [3.05, 3.63) is 43.0 Å². The molecule has 0 bridgehead atoms. The van der Waals surface area contributed by atoms with E-state index in [0.29, 0.717) is 12.4 Å². The summed E-state index contributed by atoms with van der Waals surface area (Å²) in [5.41, 5.74) is -0.313. The zero-order valence-electron chi connectivity index (χ0n) is 9.24. The smallest absolute Gasteiger partial charge is 0.347 e. The van der Waals surface area contributed by atoms with Crippen molar-refractivity contribution < 1.29 is 0 Å². The summed E-state index contributed by atoms with van der Waals surface area (Å²) in [7, 11) is 0. The summed E-state index contributed by atoms with van der Waals surface area (Å²) >= 11 is 5.06. The molecule has 2 heterocycles. The second-order valence-electron chi connectivity index (χ2n) is 3.51. The lowest BCUT2D eigenvalue weighted by atomic mass is 10.3. The van der Waals surface area contributed by atoms with Gasteiger partial charge in [0, 0.05) is 27.3 Å². The molecule has 0 spiro atoms. The summed E-state index contributed by atoms with van der Waals surface area (Å²) in [6, 6.07) is 5.45. The molecule has 18 heavy (non-hydrogen) atoms. The maximum atomic E-state index is 11.1. The van der Waals surface area contributed by atoms with Gasteiger partial charge in [0.05, 0.1) is 0 Å². The maximum Gasteiger partial charge on any atom is 0.347 e. The van der Waals surface area contributed by atoms with Crippen LogP contribution in [0.15, 0.2) is 26.8 Å². The highest BCUT2D eigenvalue weighted by molar-refractivity contribution is 9.10. The molecule has 0 amide bonds. The van der Waals surface area contributed by atoms with Crippen LogP contribution in [0.5, 0.6) is 0 Å². The molecule has 2 N–H and O–H groups in total. The van der Waals surface area contributed by atoms with Crippen molar-refractivity contribution in [2.75, 3.05) is 11.9 Å². The number of hydrogen-bond acceptors (Lipinski definition) is 5. The Morgan fingerprint density at radius 1 is 1.56 bits per heavy atom. The Labute approximate surface area is 116 Å². The van der Waals surface area contributed by atoms with Gasteiger partial charge in [-0.3, -0.25) is 4.98 Å². The topological polar surface area (TPSA) is 81.6 Å². The Balaban J connectivity index is 1.96. The van der Waals surface area contributed by atoms with E-state index in [-0.39, 0.29) is 5.69 Å². The number of nitrogens with zero attached hydrogens (tertiary/aromatic N) is 2. The van der Waals surface area contributed by atoms with Crippen LogP contribution in [0.2, 0.25) is 0 Å². The van der Waals surface area contributed by atoms with E-state index >= 15 is 0 Å². The first kappa shape index (κ1) is 12.8. The minimum Gasteiger partial charge on any atom is -0.369 e. The first-order valence-corrected chi connectivity index (χ1v) is 6.83. The highest BCUT2D eigenvalue weighted by Gasteiger charge is 2.01. The Kier molecular flexibility index (Phi) is 4.12. The molecule has 0 saturated carbocycles. The van der Waals surface area contributed by atoms with E-state index in [2.05, 4.69) is 37.3 Å². The van der Waals surface area contributed by atoms with Crippen molar-refractivity contribution >= 4 is 33.1 Å². The van der Waals surface area contributed by atoms with Crippen LogP contribution >= 0.6 is 27.3 Å². The van der Waals surface area contributed by atoms with Gasteiger partial charge in [-0.15, -0.1) is 11.3 Å². The number of anilines is 1. The monoisotopic (exact) mass is 324 g/mol. The standard InChI is InChI=1S/C11H9BrN4OS/c12-7-3-9(18-6-7)1-2-14-10-4-8(5-13)15-11(17)16-10/h3-4,6H,1-2H2,(H2,14,15,16,17). The van der Waals surface area contributed by atoms with Crippen molar-refractivity contribution in [1.29, 1.82) is 5.26 Å². The molecule has 0 fully saturated rings. The molecule has 2 aromatic heterocycles. The number of thiophene rings is 1. The number of aromatic nitrogens is 2. The van der Waals surface area contributed by atoms with Crippen LogP contribution in [0, 0.1) is 11.3 Å². The molecular formula is C11H9BrN4OS. The summed E-state index contributed by atoms with van der Waals surface area (Å²) < 4.78 is 1.07. The van der Waals surface area contributed by atoms with Gasteiger partial charge < -0.3 is 5.32 Å².